The third kappa shape index (κ3) is 2.75. The molecule has 2 heterocycles. The van der Waals surface area contributed by atoms with Gasteiger partial charge in [-0.3, -0.25) is 4.79 Å². The second-order valence-electron chi connectivity index (χ2n) is 5.62. The predicted octanol–water partition coefficient (Wildman–Crippen LogP) is 3.43. The lowest BCUT2D eigenvalue weighted by atomic mass is 10.1. The van der Waals surface area contributed by atoms with Gasteiger partial charge in [0.2, 0.25) is 0 Å². The molecule has 0 unspecified atom stereocenters. The summed E-state index contributed by atoms with van der Waals surface area (Å²) in [5.41, 5.74) is 3.03. The molecule has 3 rings (SSSR count). The molecule has 5 heteroatoms. The largest absolute Gasteiger partial charge is 0.332 e. The summed E-state index contributed by atoms with van der Waals surface area (Å²) in [6, 6.07) is 7.90. The summed E-state index contributed by atoms with van der Waals surface area (Å²) in [4.78, 5) is 19.0. The average Bonchev–Trinajstić information content (AvgIpc) is 2.90. The van der Waals surface area contributed by atoms with Crippen molar-refractivity contribution < 1.29 is 4.79 Å². The molecule has 1 aliphatic heterocycles. The number of fused-ring (bicyclic) bond motifs is 1. The van der Waals surface area contributed by atoms with Crippen molar-refractivity contribution in [3.8, 4) is 0 Å². The van der Waals surface area contributed by atoms with Gasteiger partial charge in [-0.1, -0.05) is 15.9 Å². The van der Waals surface area contributed by atoms with E-state index in [1.807, 2.05) is 35.5 Å². The van der Waals surface area contributed by atoms with Crippen molar-refractivity contribution in [1.82, 2.24) is 14.5 Å². The molecule has 0 fully saturated rings. The first-order valence-electron chi connectivity index (χ1n) is 7.15. The second kappa shape index (κ2) is 5.64. The first kappa shape index (κ1) is 14.3. The number of rotatable bonds is 2. The van der Waals surface area contributed by atoms with Crippen LogP contribution < -0.4 is 0 Å². The highest BCUT2D eigenvalue weighted by Gasteiger charge is 2.25. The normalized spacial score (nSPS) is 14.4. The van der Waals surface area contributed by atoms with Crippen molar-refractivity contribution in [3.63, 3.8) is 0 Å². The van der Waals surface area contributed by atoms with Gasteiger partial charge in [-0.25, -0.2) is 4.98 Å². The van der Waals surface area contributed by atoms with Crippen molar-refractivity contribution in [3.05, 3.63) is 52.0 Å². The molecule has 2 aromatic rings. The van der Waals surface area contributed by atoms with E-state index in [0.717, 1.165) is 28.7 Å². The number of hydrogen-bond acceptors (Lipinski definition) is 2. The van der Waals surface area contributed by atoms with Gasteiger partial charge >= 0.3 is 0 Å². The van der Waals surface area contributed by atoms with Gasteiger partial charge in [-0.15, -0.1) is 0 Å². The fraction of sp³-hybridized carbons (Fsp3) is 0.375. The zero-order chi connectivity index (χ0) is 15.0. The van der Waals surface area contributed by atoms with E-state index < -0.39 is 0 Å². The third-order valence-electron chi connectivity index (χ3n) is 3.88. The number of hydrogen-bond donors (Lipinski definition) is 0. The van der Waals surface area contributed by atoms with Crippen molar-refractivity contribution in [2.75, 3.05) is 6.54 Å². The lowest BCUT2D eigenvalue weighted by molar-refractivity contribution is 0.0728. The number of imidazole rings is 1. The Kier molecular flexibility index (Phi) is 3.85. The number of benzene rings is 1. The van der Waals surface area contributed by atoms with Gasteiger partial charge in [0.15, 0.2) is 0 Å². The van der Waals surface area contributed by atoms with E-state index in [2.05, 4.69) is 39.3 Å². The monoisotopic (exact) mass is 347 g/mol. The van der Waals surface area contributed by atoms with E-state index >= 15 is 0 Å². The molecule has 0 spiro atoms. The maximum atomic E-state index is 12.6. The van der Waals surface area contributed by atoms with E-state index in [4.69, 9.17) is 0 Å². The molecule has 1 aliphatic rings. The summed E-state index contributed by atoms with van der Waals surface area (Å²) < 4.78 is 3.15. The molecule has 1 amide bonds. The molecule has 0 atom stereocenters. The molecule has 0 N–H and O–H groups in total. The third-order valence-corrected chi connectivity index (χ3v) is 4.41. The molecule has 0 bridgehead atoms. The minimum absolute atomic E-state index is 0.0876. The average molecular weight is 348 g/mol. The lowest BCUT2D eigenvalue weighted by Gasteiger charge is -2.28. The van der Waals surface area contributed by atoms with Crippen LogP contribution in [0.1, 0.15) is 41.6 Å². The Morgan fingerprint density at radius 2 is 2.00 bits per heavy atom. The number of carbonyl (C=O) groups is 1. The maximum absolute atomic E-state index is 12.6. The van der Waals surface area contributed by atoms with E-state index in [1.165, 1.54) is 5.69 Å². The molecular weight excluding hydrogens is 330 g/mol. The minimum atomic E-state index is 0.0876. The van der Waals surface area contributed by atoms with Gasteiger partial charge in [-0.2, -0.15) is 0 Å². The number of nitrogens with zero attached hydrogens (tertiary/aromatic N) is 3. The molecule has 0 radical (unpaired) electrons. The molecule has 110 valence electrons. The highest BCUT2D eigenvalue weighted by atomic mass is 79.9. The Balaban J connectivity index is 1.83. The van der Waals surface area contributed by atoms with Gasteiger partial charge in [0.1, 0.15) is 0 Å². The molecule has 1 aromatic carbocycles. The molecule has 0 aliphatic carbocycles. The number of amides is 1. The van der Waals surface area contributed by atoms with Gasteiger partial charge in [-0.05, 0) is 38.1 Å². The fourth-order valence-corrected chi connectivity index (χ4v) is 2.97. The van der Waals surface area contributed by atoms with Crippen molar-refractivity contribution in [2.45, 2.75) is 32.9 Å². The standard InChI is InChI=1S/C16H18BrN3O/c1-11(2)20-10-18-14-7-8-19(9-15(14)20)16(21)12-3-5-13(17)6-4-12/h3-6,10-11H,7-9H2,1-2H3. The Labute approximate surface area is 132 Å². The summed E-state index contributed by atoms with van der Waals surface area (Å²) in [5.74, 6) is 0.0876. The van der Waals surface area contributed by atoms with Gasteiger partial charge < -0.3 is 9.47 Å². The summed E-state index contributed by atoms with van der Waals surface area (Å²) in [6.07, 6.45) is 2.72. The second-order valence-corrected chi connectivity index (χ2v) is 6.54. The topological polar surface area (TPSA) is 38.1 Å². The SMILES string of the molecule is CC(C)n1cnc2c1CN(C(=O)c1ccc(Br)cc1)CC2. The van der Waals surface area contributed by atoms with E-state index in [1.54, 1.807) is 0 Å². The Morgan fingerprint density at radius 3 is 2.67 bits per heavy atom. The Hall–Kier alpha value is -1.62. The summed E-state index contributed by atoms with van der Waals surface area (Å²) >= 11 is 3.40. The van der Waals surface area contributed by atoms with Gasteiger partial charge in [0.05, 0.1) is 24.3 Å². The predicted molar refractivity (Wildman–Crippen MR) is 85.2 cm³/mol. The first-order chi connectivity index (χ1) is 10.1. The van der Waals surface area contributed by atoms with Crippen LogP contribution in [0.2, 0.25) is 0 Å². The maximum Gasteiger partial charge on any atom is 0.254 e. The van der Waals surface area contributed by atoms with Crippen LogP contribution in [-0.4, -0.2) is 26.9 Å². The quantitative estimate of drug-likeness (QED) is 0.834. The van der Waals surface area contributed by atoms with Crippen LogP contribution in [-0.2, 0) is 13.0 Å². The van der Waals surface area contributed by atoms with Crippen LogP contribution >= 0.6 is 15.9 Å². The van der Waals surface area contributed by atoms with E-state index in [9.17, 15) is 4.79 Å². The van der Waals surface area contributed by atoms with Crippen molar-refractivity contribution in [2.24, 2.45) is 0 Å². The van der Waals surface area contributed by atoms with Crippen LogP contribution in [0.5, 0.6) is 0 Å². The highest BCUT2D eigenvalue weighted by Crippen LogP contribution is 2.23. The smallest absolute Gasteiger partial charge is 0.254 e. The fourth-order valence-electron chi connectivity index (χ4n) is 2.70. The van der Waals surface area contributed by atoms with Crippen LogP contribution in [0.15, 0.2) is 35.1 Å². The number of halogens is 1. The summed E-state index contributed by atoms with van der Waals surface area (Å²) in [7, 11) is 0. The van der Waals surface area contributed by atoms with Crippen molar-refractivity contribution in [1.29, 1.82) is 0 Å². The van der Waals surface area contributed by atoms with Crippen LogP contribution in [0, 0.1) is 0 Å². The molecule has 0 saturated heterocycles. The zero-order valence-corrected chi connectivity index (χ0v) is 13.8. The summed E-state index contributed by atoms with van der Waals surface area (Å²) in [5, 5.41) is 0. The number of aromatic nitrogens is 2. The van der Waals surface area contributed by atoms with Gasteiger partial charge in [0.25, 0.3) is 5.91 Å². The van der Waals surface area contributed by atoms with E-state index in [0.29, 0.717) is 12.6 Å². The van der Waals surface area contributed by atoms with E-state index in [-0.39, 0.29) is 5.91 Å². The van der Waals surface area contributed by atoms with Crippen LogP contribution in [0.25, 0.3) is 0 Å². The molecule has 1 aromatic heterocycles. The van der Waals surface area contributed by atoms with Crippen LogP contribution in [0.3, 0.4) is 0 Å². The summed E-state index contributed by atoms with van der Waals surface area (Å²) in [6.45, 7) is 5.65. The van der Waals surface area contributed by atoms with Gasteiger partial charge in [0, 0.05) is 29.0 Å². The molecule has 4 nitrogen and oxygen atoms in total. The molecule has 21 heavy (non-hydrogen) atoms. The lowest BCUT2D eigenvalue weighted by Crippen LogP contribution is -2.36. The first-order valence-corrected chi connectivity index (χ1v) is 7.95. The van der Waals surface area contributed by atoms with Crippen molar-refractivity contribution >= 4 is 21.8 Å². The minimum Gasteiger partial charge on any atom is -0.332 e. The molecule has 0 saturated carbocycles. The Bertz CT molecular complexity index is 661. The molecular formula is C16H18BrN3O. The van der Waals surface area contributed by atoms with Crippen LogP contribution in [0.4, 0.5) is 0 Å². The Morgan fingerprint density at radius 1 is 1.29 bits per heavy atom. The number of carbonyl (C=O) groups excluding carboxylic acids is 1. The highest BCUT2D eigenvalue weighted by molar-refractivity contribution is 9.10. The zero-order valence-electron chi connectivity index (χ0n) is 12.2.